The van der Waals surface area contributed by atoms with Gasteiger partial charge in [0.2, 0.25) is 0 Å². The zero-order valence-electron chi connectivity index (χ0n) is 8.38. The Balaban J connectivity index is 3.19. The summed E-state index contributed by atoms with van der Waals surface area (Å²) in [7, 11) is 0. The van der Waals surface area contributed by atoms with E-state index in [-0.39, 0.29) is 6.42 Å². The van der Waals surface area contributed by atoms with Crippen LogP contribution in [0.25, 0.3) is 0 Å². The van der Waals surface area contributed by atoms with Crippen molar-refractivity contribution in [1.29, 1.82) is 0 Å². The molecule has 0 aromatic carbocycles. The highest BCUT2D eigenvalue weighted by molar-refractivity contribution is 5.66. The molecule has 0 aliphatic rings. The molecule has 0 atom stereocenters. The summed E-state index contributed by atoms with van der Waals surface area (Å²) in [5.74, 6) is 0.699. The lowest BCUT2D eigenvalue weighted by molar-refractivity contribution is -0.137. The fourth-order valence-corrected chi connectivity index (χ4v) is 1.24. The zero-order valence-corrected chi connectivity index (χ0v) is 8.38. The molecule has 13 heavy (non-hydrogen) atoms. The molecule has 3 heteroatoms. The second-order valence-corrected chi connectivity index (χ2v) is 3.45. The first-order chi connectivity index (χ1) is 6.16. The van der Waals surface area contributed by atoms with Crippen LogP contribution in [0.3, 0.4) is 0 Å². The minimum atomic E-state index is -0.699. The molecule has 0 saturated heterocycles. The van der Waals surface area contributed by atoms with E-state index >= 15 is 0 Å². The van der Waals surface area contributed by atoms with Crippen molar-refractivity contribution in [3.63, 3.8) is 0 Å². The minimum Gasteiger partial charge on any atom is -0.481 e. The van der Waals surface area contributed by atoms with E-state index in [1.165, 1.54) is 5.92 Å². The Labute approximate surface area is 80.3 Å². The Morgan fingerprint density at radius 3 is 2.31 bits per heavy atom. The fourth-order valence-electron chi connectivity index (χ4n) is 1.24. The van der Waals surface area contributed by atoms with Crippen molar-refractivity contribution in [2.24, 2.45) is 5.73 Å². The van der Waals surface area contributed by atoms with Gasteiger partial charge in [-0.25, -0.2) is 0 Å². The maximum atomic E-state index is 10.2. The molecule has 3 nitrogen and oxygen atoms in total. The molecule has 0 amide bonds. The molecule has 0 aliphatic heterocycles. The first-order valence-corrected chi connectivity index (χ1v) is 4.90. The van der Waals surface area contributed by atoms with Crippen LogP contribution in [0.1, 0.15) is 45.4 Å². The van der Waals surface area contributed by atoms with Gasteiger partial charge in [0.1, 0.15) is 0 Å². The summed E-state index contributed by atoms with van der Waals surface area (Å²) >= 11 is 0. The summed E-state index contributed by atoms with van der Waals surface area (Å²) in [6.07, 6.45) is 5.29. The van der Waals surface area contributed by atoms with Crippen LogP contribution in [0.2, 0.25) is 0 Å². The van der Waals surface area contributed by atoms with Gasteiger partial charge in [0.25, 0.3) is 0 Å². The third-order valence-electron chi connectivity index (χ3n) is 2.05. The zero-order chi connectivity index (χ0) is 10.1. The quantitative estimate of drug-likeness (QED) is 0.569. The van der Waals surface area contributed by atoms with Crippen molar-refractivity contribution in [3.05, 3.63) is 5.92 Å². The molecule has 0 aliphatic carbocycles. The van der Waals surface area contributed by atoms with Crippen molar-refractivity contribution in [2.45, 2.75) is 45.4 Å². The minimum absolute atomic E-state index is 0.286. The highest BCUT2D eigenvalue weighted by Gasteiger charge is 2.03. The number of aliphatic carboxylic acids is 1. The second kappa shape index (κ2) is 8.05. The van der Waals surface area contributed by atoms with E-state index in [9.17, 15) is 4.79 Å². The summed E-state index contributed by atoms with van der Waals surface area (Å²) < 4.78 is 0. The molecule has 77 valence electrons. The van der Waals surface area contributed by atoms with Crippen molar-refractivity contribution >= 4 is 5.97 Å². The molecule has 0 spiro atoms. The van der Waals surface area contributed by atoms with Gasteiger partial charge in [0.05, 0.1) is 0 Å². The molecular formula is C10H20NO2. The molecular weight excluding hydrogens is 166 g/mol. The van der Waals surface area contributed by atoms with E-state index < -0.39 is 5.97 Å². The molecule has 0 aromatic rings. The van der Waals surface area contributed by atoms with Crippen molar-refractivity contribution in [3.8, 4) is 0 Å². The van der Waals surface area contributed by atoms with E-state index in [1.54, 1.807) is 0 Å². The Morgan fingerprint density at radius 1 is 1.15 bits per heavy atom. The maximum Gasteiger partial charge on any atom is 0.303 e. The van der Waals surface area contributed by atoms with E-state index in [0.717, 1.165) is 38.6 Å². The van der Waals surface area contributed by atoms with Crippen molar-refractivity contribution in [1.82, 2.24) is 0 Å². The molecule has 1 radical (unpaired) electrons. The van der Waals surface area contributed by atoms with Crippen LogP contribution in [0.15, 0.2) is 0 Å². The molecule has 0 saturated carbocycles. The normalized spacial score (nSPS) is 10.7. The summed E-state index contributed by atoms with van der Waals surface area (Å²) in [5, 5.41) is 8.41. The average Bonchev–Trinajstić information content (AvgIpc) is 2.04. The Morgan fingerprint density at radius 2 is 1.77 bits per heavy atom. The highest BCUT2D eigenvalue weighted by atomic mass is 16.4. The van der Waals surface area contributed by atoms with Gasteiger partial charge in [-0.15, -0.1) is 0 Å². The standard InChI is InChI=1S/C10H20NO2/c1-9(5-2-3-8-11)6-4-7-10(12)13/h2-8,11H2,1H3,(H,12,13). The smallest absolute Gasteiger partial charge is 0.303 e. The number of hydrogen-bond acceptors (Lipinski definition) is 2. The van der Waals surface area contributed by atoms with E-state index in [1.807, 2.05) is 0 Å². The largest absolute Gasteiger partial charge is 0.481 e. The van der Waals surface area contributed by atoms with Crippen LogP contribution < -0.4 is 5.73 Å². The summed E-state index contributed by atoms with van der Waals surface area (Å²) in [4.78, 5) is 10.2. The average molecular weight is 186 g/mol. The molecule has 0 fully saturated rings. The number of carbonyl (C=O) groups is 1. The first kappa shape index (κ1) is 12.4. The van der Waals surface area contributed by atoms with Gasteiger partial charge in [-0.1, -0.05) is 13.3 Å². The van der Waals surface area contributed by atoms with E-state index in [2.05, 4.69) is 6.92 Å². The van der Waals surface area contributed by atoms with Gasteiger partial charge in [-0.3, -0.25) is 4.79 Å². The van der Waals surface area contributed by atoms with Gasteiger partial charge >= 0.3 is 5.97 Å². The molecule has 0 unspecified atom stereocenters. The van der Waals surface area contributed by atoms with Gasteiger partial charge in [0, 0.05) is 6.42 Å². The molecule has 3 N–H and O–H groups in total. The molecule has 0 bridgehead atoms. The number of rotatable bonds is 8. The third kappa shape index (κ3) is 9.34. The van der Waals surface area contributed by atoms with Crippen LogP contribution in [-0.2, 0) is 4.79 Å². The lowest BCUT2D eigenvalue weighted by Crippen LogP contribution is -2.01. The van der Waals surface area contributed by atoms with Gasteiger partial charge in [-0.2, -0.15) is 0 Å². The summed E-state index contributed by atoms with van der Waals surface area (Å²) in [6.45, 7) is 2.85. The van der Waals surface area contributed by atoms with Gasteiger partial charge in [0.15, 0.2) is 0 Å². The molecule has 0 aromatic heterocycles. The fraction of sp³-hybridized carbons (Fsp3) is 0.800. The van der Waals surface area contributed by atoms with Crippen molar-refractivity contribution < 1.29 is 9.90 Å². The monoisotopic (exact) mass is 186 g/mol. The Bertz CT molecular complexity index is 137. The SMILES string of the molecule is C[C](CCCCN)CCCC(=O)O. The predicted octanol–water partition coefficient (Wildman–Crippen LogP) is 1.96. The van der Waals surface area contributed by atoms with Crippen LogP contribution in [0.4, 0.5) is 0 Å². The first-order valence-electron chi connectivity index (χ1n) is 4.90. The molecule has 0 heterocycles. The summed E-state index contributed by atoms with van der Waals surface area (Å²) in [6, 6.07) is 0. The molecule has 0 rings (SSSR count). The maximum absolute atomic E-state index is 10.2. The lowest BCUT2D eigenvalue weighted by Gasteiger charge is -2.08. The topological polar surface area (TPSA) is 63.3 Å². The second-order valence-electron chi connectivity index (χ2n) is 3.45. The Hall–Kier alpha value is -0.570. The van der Waals surface area contributed by atoms with E-state index in [0.29, 0.717) is 0 Å². The number of carboxylic acid groups (broad SMARTS) is 1. The highest BCUT2D eigenvalue weighted by Crippen LogP contribution is 2.16. The number of carboxylic acids is 1. The van der Waals surface area contributed by atoms with Crippen LogP contribution in [-0.4, -0.2) is 17.6 Å². The predicted molar refractivity (Wildman–Crippen MR) is 53.3 cm³/mol. The van der Waals surface area contributed by atoms with Crippen molar-refractivity contribution in [2.75, 3.05) is 6.54 Å². The van der Waals surface area contributed by atoms with Crippen LogP contribution >= 0.6 is 0 Å². The van der Waals surface area contributed by atoms with Crippen LogP contribution in [0.5, 0.6) is 0 Å². The van der Waals surface area contributed by atoms with E-state index in [4.69, 9.17) is 10.8 Å². The Kier molecular flexibility index (Phi) is 7.69. The number of nitrogens with two attached hydrogens (primary N) is 1. The number of unbranched alkanes of at least 4 members (excludes halogenated alkanes) is 1. The van der Waals surface area contributed by atoms with Crippen LogP contribution in [0, 0.1) is 5.92 Å². The summed E-state index contributed by atoms with van der Waals surface area (Å²) in [5.41, 5.74) is 5.37. The third-order valence-corrected chi connectivity index (χ3v) is 2.05. The van der Waals surface area contributed by atoms with Gasteiger partial charge < -0.3 is 10.8 Å². The number of hydrogen-bond donors (Lipinski definition) is 2. The van der Waals surface area contributed by atoms with Gasteiger partial charge in [-0.05, 0) is 38.1 Å². The lowest BCUT2D eigenvalue weighted by atomic mass is 9.98.